The number of amides is 1. The third-order valence-electron chi connectivity index (χ3n) is 3.49. The quantitative estimate of drug-likeness (QED) is 0.681. The van der Waals surface area contributed by atoms with Crippen molar-refractivity contribution in [3.05, 3.63) is 53.6 Å². The SMILES string of the molecule is COc1ccc(-c2nnc(NC(=O)[C@@H](C)Oc3ccc(Cl)cc3)s2)cc1. The maximum absolute atomic E-state index is 12.3. The Kier molecular flexibility index (Phi) is 5.70. The second-order valence-corrected chi connectivity index (χ2v) is 6.76. The molecular weight excluding hydrogens is 374 g/mol. The lowest BCUT2D eigenvalue weighted by molar-refractivity contribution is -0.122. The van der Waals surface area contributed by atoms with Gasteiger partial charge in [0, 0.05) is 10.6 Å². The Balaban J connectivity index is 1.62. The summed E-state index contributed by atoms with van der Waals surface area (Å²) < 4.78 is 10.7. The molecule has 134 valence electrons. The molecule has 1 heterocycles. The molecule has 3 rings (SSSR count). The Labute approximate surface area is 159 Å². The number of halogens is 1. The van der Waals surface area contributed by atoms with Crippen LogP contribution in [0.1, 0.15) is 6.92 Å². The van der Waals surface area contributed by atoms with Crippen LogP contribution in [-0.2, 0) is 4.79 Å². The highest BCUT2D eigenvalue weighted by molar-refractivity contribution is 7.18. The zero-order valence-electron chi connectivity index (χ0n) is 14.1. The number of nitrogens with zero attached hydrogens (tertiary/aromatic N) is 2. The van der Waals surface area contributed by atoms with Crippen LogP contribution in [0.5, 0.6) is 11.5 Å². The minimum atomic E-state index is -0.690. The number of benzene rings is 2. The number of carbonyl (C=O) groups is 1. The minimum absolute atomic E-state index is 0.308. The Hall–Kier alpha value is -2.64. The molecule has 8 heteroatoms. The van der Waals surface area contributed by atoms with Gasteiger partial charge in [0.1, 0.15) is 16.5 Å². The van der Waals surface area contributed by atoms with Gasteiger partial charge >= 0.3 is 0 Å². The standard InChI is InChI=1S/C18H16ClN3O3S/c1-11(25-15-9-5-13(19)6-10-15)16(23)20-18-22-21-17(26-18)12-3-7-14(24-2)8-4-12/h3-11H,1-2H3,(H,20,22,23)/t11-/m1/s1. The van der Waals surface area contributed by atoms with Gasteiger partial charge in [-0.3, -0.25) is 10.1 Å². The van der Waals surface area contributed by atoms with E-state index in [4.69, 9.17) is 21.1 Å². The molecular formula is C18H16ClN3O3S. The molecule has 2 aromatic carbocycles. The smallest absolute Gasteiger partial charge is 0.266 e. The van der Waals surface area contributed by atoms with E-state index >= 15 is 0 Å². The van der Waals surface area contributed by atoms with Crippen LogP contribution in [0, 0.1) is 0 Å². The highest BCUT2D eigenvalue weighted by Crippen LogP contribution is 2.28. The molecule has 0 spiro atoms. The molecule has 0 aliphatic rings. The van der Waals surface area contributed by atoms with Crippen LogP contribution in [0.25, 0.3) is 10.6 Å². The monoisotopic (exact) mass is 389 g/mol. The Morgan fingerprint density at radius 2 is 1.73 bits per heavy atom. The Morgan fingerprint density at radius 1 is 1.08 bits per heavy atom. The lowest BCUT2D eigenvalue weighted by Crippen LogP contribution is -2.30. The molecule has 0 aliphatic heterocycles. The van der Waals surface area contributed by atoms with Crippen molar-refractivity contribution < 1.29 is 14.3 Å². The van der Waals surface area contributed by atoms with Gasteiger partial charge in [0.2, 0.25) is 5.13 Å². The molecule has 1 atom stereocenters. The summed E-state index contributed by atoms with van der Waals surface area (Å²) in [5.41, 5.74) is 0.897. The normalized spacial score (nSPS) is 11.7. The van der Waals surface area contributed by atoms with Gasteiger partial charge in [0.25, 0.3) is 5.91 Å². The summed E-state index contributed by atoms with van der Waals surface area (Å²) in [5.74, 6) is 1.02. The lowest BCUT2D eigenvalue weighted by Gasteiger charge is -2.13. The van der Waals surface area contributed by atoms with Crippen molar-refractivity contribution in [2.45, 2.75) is 13.0 Å². The van der Waals surface area contributed by atoms with Crippen LogP contribution >= 0.6 is 22.9 Å². The first kappa shape index (κ1) is 18.2. The van der Waals surface area contributed by atoms with Crippen LogP contribution < -0.4 is 14.8 Å². The first-order valence-corrected chi connectivity index (χ1v) is 8.95. The van der Waals surface area contributed by atoms with E-state index in [1.807, 2.05) is 24.3 Å². The number of rotatable bonds is 6. The maximum atomic E-state index is 12.3. The van der Waals surface area contributed by atoms with E-state index in [-0.39, 0.29) is 5.91 Å². The largest absolute Gasteiger partial charge is 0.497 e. The number of ether oxygens (including phenoxy) is 2. The van der Waals surface area contributed by atoms with Gasteiger partial charge in [-0.15, -0.1) is 10.2 Å². The van der Waals surface area contributed by atoms with Crippen molar-refractivity contribution in [3.63, 3.8) is 0 Å². The van der Waals surface area contributed by atoms with Crippen molar-refractivity contribution in [2.75, 3.05) is 12.4 Å². The summed E-state index contributed by atoms with van der Waals surface area (Å²) in [6.07, 6.45) is -0.690. The summed E-state index contributed by atoms with van der Waals surface area (Å²) in [6.45, 7) is 1.66. The number of anilines is 1. The predicted octanol–water partition coefficient (Wildman–Crippen LogP) is 4.27. The summed E-state index contributed by atoms with van der Waals surface area (Å²) in [6, 6.07) is 14.3. The summed E-state index contributed by atoms with van der Waals surface area (Å²) in [4.78, 5) is 12.3. The summed E-state index contributed by atoms with van der Waals surface area (Å²) >= 11 is 7.12. The van der Waals surface area contributed by atoms with Crippen LogP contribution in [0.3, 0.4) is 0 Å². The molecule has 0 aliphatic carbocycles. The summed E-state index contributed by atoms with van der Waals surface area (Å²) in [7, 11) is 1.61. The summed E-state index contributed by atoms with van der Waals surface area (Å²) in [5, 5.41) is 12.5. The fourth-order valence-corrected chi connectivity index (χ4v) is 2.98. The third kappa shape index (κ3) is 4.50. The maximum Gasteiger partial charge on any atom is 0.266 e. The fraction of sp³-hybridized carbons (Fsp3) is 0.167. The fourth-order valence-electron chi connectivity index (χ4n) is 2.10. The van der Waals surface area contributed by atoms with Gasteiger partial charge in [-0.1, -0.05) is 22.9 Å². The number of hydrogen-bond acceptors (Lipinski definition) is 6. The third-order valence-corrected chi connectivity index (χ3v) is 4.63. The van der Waals surface area contributed by atoms with Crippen molar-refractivity contribution >= 4 is 34.0 Å². The minimum Gasteiger partial charge on any atom is -0.497 e. The molecule has 1 amide bonds. The average Bonchev–Trinajstić information content (AvgIpc) is 3.12. The molecule has 0 bridgehead atoms. The molecule has 0 unspecified atom stereocenters. The molecule has 0 fully saturated rings. The number of methoxy groups -OCH3 is 1. The first-order valence-electron chi connectivity index (χ1n) is 7.76. The van der Waals surface area contributed by atoms with Gasteiger partial charge in [-0.05, 0) is 55.5 Å². The van der Waals surface area contributed by atoms with Gasteiger partial charge in [0.15, 0.2) is 6.10 Å². The van der Waals surface area contributed by atoms with Gasteiger partial charge in [-0.2, -0.15) is 0 Å². The van der Waals surface area contributed by atoms with E-state index in [2.05, 4.69) is 15.5 Å². The van der Waals surface area contributed by atoms with E-state index in [0.717, 1.165) is 11.3 Å². The van der Waals surface area contributed by atoms with Gasteiger partial charge < -0.3 is 9.47 Å². The van der Waals surface area contributed by atoms with Gasteiger partial charge in [0.05, 0.1) is 7.11 Å². The second-order valence-electron chi connectivity index (χ2n) is 5.34. The Morgan fingerprint density at radius 3 is 2.38 bits per heavy atom. The number of hydrogen-bond donors (Lipinski definition) is 1. The molecule has 1 N–H and O–H groups in total. The van der Waals surface area contributed by atoms with Crippen LogP contribution in [0.4, 0.5) is 5.13 Å². The highest BCUT2D eigenvalue weighted by atomic mass is 35.5. The van der Waals surface area contributed by atoms with Gasteiger partial charge in [-0.25, -0.2) is 0 Å². The number of aromatic nitrogens is 2. The topological polar surface area (TPSA) is 73.3 Å². The zero-order valence-corrected chi connectivity index (χ0v) is 15.7. The number of carbonyl (C=O) groups excluding carboxylic acids is 1. The van der Waals surface area contributed by atoms with E-state index in [1.165, 1.54) is 11.3 Å². The average molecular weight is 390 g/mol. The molecule has 0 saturated heterocycles. The van der Waals surface area contributed by atoms with Crippen molar-refractivity contribution in [1.82, 2.24) is 10.2 Å². The van der Waals surface area contributed by atoms with Crippen molar-refractivity contribution in [3.8, 4) is 22.1 Å². The number of nitrogens with one attached hydrogen (secondary N) is 1. The molecule has 6 nitrogen and oxygen atoms in total. The molecule has 26 heavy (non-hydrogen) atoms. The molecule has 0 saturated carbocycles. The molecule has 1 aromatic heterocycles. The van der Waals surface area contributed by atoms with Crippen molar-refractivity contribution in [2.24, 2.45) is 0 Å². The van der Waals surface area contributed by atoms with E-state index in [1.54, 1.807) is 38.3 Å². The zero-order chi connectivity index (χ0) is 18.5. The van der Waals surface area contributed by atoms with Crippen LogP contribution in [0.15, 0.2) is 48.5 Å². The predicted molar refractivity (Wildman–Crippen MR) is 102 cm³/mol. The lowest BCUT2D eigenvalue weighted by atomic mass is 10.2. The van der Waals surface area contributed by atoms with Crippen molar-refractivity contribution in [1.29, 1.82) is 0 Å². The molecule has 3 aromatic rings. The highest BCUT2D eigenvalue weighted by Gasteiger charge is 2.17. The van der Waals surface area contributed by atoms with E-state index in [0.29, 0.717) is 20.9 Å². The second kappa shape index (κ2) is 8.16. The van der Waals surface area contributed by atoms with Crippen LogP contribution in [-0.4, -0.2) is 29.3 Å². The van der Waals surface area contributed by atoms with Crippen LogP contribution in [0.2, 0.25) is 5.02 Å². The molecule has 0 radical (unpaired) electrons. The van der Waals surface area contributed by atoms with E-state index in [9.17, 15) is 4.79 Å². The first-order chi connectivity index (χ1) is 12.5. The van der Waals surface area contributed by atoms with E-state index < -0.39 is 6.10 Å². The Bertz CT molecular complexity index is 881.